The van der Waals surface area contributed by atoms with Gasteiger partial charge in [-0.25, -0.2) is 4.98 Å². The SMILES string of the molecule is Nc1ncc(-c2ccc(CNC(=O)C3CC[C@@H](O)C3)cc2)[nH]1. The number of hydrogen-bond acceptors (Lipinski definition) is 4. The van der Waals surface area contributed by atoms with E-state index in [4.69, 9.17) is 5.73 Å². The van der Waals surface area contributed by atoms with Gasteiger partial charge in [0.2, 0.25) is 5.91 Å². The molecule has 0 bridgehead atoms. The molecule has 116 valence electrons. The lowest BCUT2D eigenvalue weighted by molar-refractivity contribution is -0.125. The molecule has 0 saturated heterocycles. The number of benzene rings is 1. The maximum absolute atomic E-state index is 12.0. The van der Waals surface area contributed by atoms with E-state index in [2.05, 4.69) is 15.3 Å². The molecular weight excluding hydrogens is 280 g/mol. The zero-order valence-electron chi connectivity index (χ0n) is 12.2. The molecule has 1 aromatic heterocycles. The van der Waals surface area contributed by atoms with Crippen LogP contribution in [0.2, 0.25) is 0 Å². The number of aliphatic hydroxyl groups excluding tert-OH is 1. The Labute approximate surface area is 128 Å². The predicted octanol–water partition coefficient (Wildman–Crippen LogP) is 1.44. The molecule has 0 radical (unpaired) electrons. The van der Waals surface area contributed by atoms with Crippen LogP contribution in [-0.4, -0.2) is 27.1 Å². The van der Waals surface area contributed by atoms with Gasteiger partial charge in [0.15, 0.2) is 5.95 Å². The fourth-order valence-electron chi connectivity index (χ4n) is 2.81. The molecule has 1 amide bonds. The molecule has 1 heterocycles. The van der Waals surface area contributed by atoms with Crippen LogP contribution in [0.4, 0.5) is 5.95 Å². The highest BCUT2D eigenvalue weighted by molar-refractivity contribution is 5.79. The third kappa shape index (κ3) is 3.28. The fourth-order valence-corrected chi connectivity index (χ4v) is 2.81. The Kier molecular flexibility index (Phi) is 4.11. The average molecular weight is 300 g/mol. The first kappa shape index (κ1) is 14.6. The number of nitrogen functional groups attached to an aromatic ring is 1. The van der Waals surface area contributed by atoms with Gasteiger partial charge in [0.05, 0.1) is 18.0 Å². The van der Waals surface area contributed by atoms with E-state index < -0.39 is 0 Å². The average Bonchev–Trinajstić information content (AvgIpc) is 3.14. The van der Waals surface area contributed by atoms with Gasteiger partial charge in [0, 0.05) is 12.5 Å². The monoisotopic (exact) mass is 300 g/mol. The molecule has 1 fully saturated rings. The van der Waals surface area contributed by atoms with Crippen molar-refractivity contribution >= 4 is 11.9 Å². The van der Waals surface area contributed by atoms with Gasteiger partial charge < -0.3 is 21.1 Å². The third-order valence-corrected chi connectivity index (χ3v) is 4.10. The number of aromatic amines is 1. The molecule has 6 nitrogen and oxygen atoms in total. The Morgan fingerprint density at radius 3 is 2.73 bits per heavy atom. The first-order valence-corrected chi connectivity index (χ1v) is 7.47. The van der Waals surface area contributed by atoms with Crippen molar-refractivity contribution in [3.05, 3.63) is 36.0 Å². The van der Waals surface area contributed by atoms with Gasteiger partial charge in [0.25, 0.3) is 0 Å². The number of imidazole rings is 1. The maximum Gasteiger partial charge on any atom is 0.223 e. The van der Waals surface area contributed by atoms with Gasteiger partial charge in [-0.2, -0.15) is 0 Å². The fraction of sp³-hybridized carbons (Fsp3) is 0.375. The zero-order valence-corrected chi connectivity index (χ0v) is 12.2. The predicted molar refractivity (Wildman–Crippen MR) is 83.6 cm³/mol. The molecule has 1 aliphatic carbocycles. The van der Waals surface area contributed by atoms with Gasteiger partial charge in [0.1, 0.15) is 0 Å². The molecule has 1 unspecified atom stereocenters. The van der Waals surface area contributed by atoms with Crippen LogP contribution in [-0.2, 0) is 11.3 Å². The number of aliphatic hydroxyl groups is 1. The van der Waals surface area contributed by atoms with E-state index in [0.29, 0.717) is 18.9 Å². The summed E-state index contributed by atoms with van der Waals surface area (Å²) in [5.74, 6) is 0.370. The van der Waals surface area contributed by atoms with Gasteiger partial charge in [-0.1, -0.05) is 24.3 Å². The topological polar surface area (TPSA) is 104 Å². The summed E-state index contributed by atoms with van der Waals surface area (Å²) in [5.41, 5.74) is 8.46. The van der Waals surface area contributed by atoms with Crippen LogP contribution in [0, 0.1) is 5.92 Å². The number of carbonyl (C=O) groups is 1. The molecule has 1 aliphatic rings. The van der Waals surface area contributed by atoms with Crippen LogP contribution < -0.4 is 11.1 Å². The first-order valence-electron chi connectivity index (χ1n) is 7.47. The number of nitrogens with one attached hydrogen (secondary N) is 2. The molecule has 5 N–H and O–H groups in total. The van der Waals surface area contributed by atoms with E-state index in [0.717, 1.165) is 29.7 Å². The minimum absolute atomic E-state index is 0.0296. The Hall–Kier alpha value is -2.34. The summed E-state index contributed by atoms with van der Waals surface area (Å²) in [7, 11) is 0. The highest BCUT2D eigenvalue weighted by Gasteiger charge is 2.28. The summed E-state index contributed by atoms with van der Waals surface area (Å²) < 4.78 is 0. The standard InChI is InChI=1S/C16H20N4O2/c17-16-19-9-14(20-16)11-3-1-10(2-4-11)8-18-15(22)12-5-6-13(21)7-12/h1-4,9,12-13,21H,5-8H2,(H,18,22)(H3,17,19,20)/t12?,13-/m1/s1. The number of hydrogen-bond donors (Lipinski definition) is 4. The van der Waals surface area contributed by atoms with Gasteiger partial charge in [-0.05, 0) is 30.4 Å². The van der Waals surface area contributed by atoms with E-state index in [1.165, 1.54) is 0 Å². The Bertz CT molecular complexity index is 650. The third-order valence-electron chi connectivity index (χ3n) is 4.10. The zero-order chi connectivity index (χ0) is 15.5. The highest BCUT2D eigenvalue weighted by atomic mass is 16.3. The minimum atomic E-state index is -0.322. The number of H-pyrrole nitrogens is 1. The smallest absolute Gasteiger partial charge is 0.223 e. The van der Waals surface area contributed by atoms with Crippen molar-refractivity contribution in [2.24, 2.45) is 5.92 Å². The number of anilines is 1. The van der Waals surface area contributed by atoms with Crippen LogP contribution in [0.1, 0.15) is 24.8 Å². The number of aromatic nitrogens is 2. The molecule has 0 aliphatic heterocycles. The van der Waals surface area contributed by atoms with Crippen LogP contribution in [0.25, 0.3) is 11.3 Å². The molecule has 1 saturated carbocycles. The summed E-state index contributed by atoms with van der Waals surface area (Å²) in [6.45, 7) is 0.497. The number of amides is 1. The van der Waals surface area contributed by atoms with Crippen molar-refractivity contribution in [3.8, 4) is 11.3 Å². The second kappa shape index (κ2) is 6.19. The first-order chi connectivity index (χ1) is 10.6. The highest BCUT2D eigenvalue weighted by Crippen LogP contribution is 2.25. The molecule has 1 aromatic carbocycles. The van der Waals surface area contributed by atoms with Crippen molar-refractivity contribution in [2.45, 2.75) is 31.9 Å². The number of nitrogens with zero attached hydrogens (tertiary/aromatic N) is 1. The van der Waals surface area contributed by atoms with Crippen molar-refractivity contribution in [2.75, 3.05) is 5.73 Å². The molecule has 2 atom stereocenters. The van der Waals surface area contributed by atoms with Gasteiger partial charge in [-0.15, -0.1) is 0 Å². The molecule has 22 heavy (non-hydrogen) atoms. The molecule has 3 rings (SSSR count). The number of nitrogens with two attached hydrogens (primary N) is 1. The van der Waals surface area contributed by atoms with Crippen molar-refractivity contribution in [3.63, 3.8) is 0 Å². The Morgan fingerprint density at radius 2 is 2.14 bits per heavy atom. The van der Waals surface area contributed by atoms with Crippen LogP contribution in [0.3, 0.4) is 0 Å². The van der Waals surface area contributed by atoms with E-state index >= 15 is 0 Å². The van der Waals surface area contributed by atoms with Crippen molar-refractivity contribution < 1.29 is 9.90 Å². The van der Waals surface area contributed by atoms with Crippen molar-refractivity contribution in [1.82, 2.24) is 15.3 Å². The largest absolute Gasteiger partial charge is 0.393 e. The summed E-state index contributed by atoms with van der Waals surface area (Å²) >= 11 is 0. The summed E-state index contributed by atoms with van der Waals surface area (Å²) in [5, 5.41) is 12.4. The molecule has 2 aromatic rings. The van der Waals surface area contributed by atoms with Gasteiger partial charge in [-0.3, -0.25) is 4.79 Å². The summed E-state index contributed by atoms with van der Waals surface area (Å²) in [4.78, 5) is 19.0. The number of carbonyl (C=O) groups excluding carboxylic acids is 1. The van der Waals surface area contributed by atoms with E-state index in [9.17, 15) is 9.90 Å². The Morgan fingerprint density at radius 1 is 1.36 bits per heavy atom. The van der Waals surface area contributed by atoms with E-state index in [1.54, 1.807) is 6.20 Å². The second-order valence-electron chi connectivity index (χ2n) is 5.76. The minimum Gasteiger partial charge on any atom is -0.393 e. The van der Waals surface area contributed by atoms with Crippen LogP contribution in [0.15, 0.2) is 30.5 Å². The lowest BCUT2D eigenvalue weighted by Crippen LogP contribution is -2.29. The summed E-state index contributed by atoms with van der Waals surface area (Å²) in [6, 6.07) is 7.87. The lowest BCUT2D eigenvalue weighted by Gasteiger charge is -2.10. The van der Waals surface area contributed by atoms with Crippen molar-refractivity contribution in [1.29, 1.82) is 0 Å². The van der Waals surface area contributed by atoms with E-state index in [1.807, 2.05) is 24.3 Å². The van der Waals surface area contributed by atoms with Crippen LogP contribution >= 0.6 is 0 Å². The second-order valence-corrected chi connectivity index (χ2v) is 5.76. The number of rotatable bonds is 4. The van der Waals surface area contributed by atoms with Crippen LogP contribution in [0.5, 0.6) is 0 Å². The Balaban J connectivity index is 1.56. The van der Waals surface area contributed by atoms with E-state index in [-0.39, 0.29) is 17.9 Å². The normalized spacial score (nSPS) is 21.0. The summed E-state index contributed by atoms with van der Waals surface area (Å²) in [6.07, 6.45) is 3.44. The van der Waals surface area contributed by atoms with Gasteiger partial charge >= 0.3 is 0 Å². The maximum atomic E-state index is 12.0. The lowest BCUT2D eigenvalue weighted by atomic mass is 10.1. The molecule has 0 spiro atoms. The quantitative estimate of drug-likeness (QED) is 0.685. The molecule has 6 heteroatoms. The molecular formula is C16H20N4O2.